The third-order valence-corrected chi connectivity index (χ3v) is 8.48. The molecule has 0 unspecified atom stereocenters. The zero-order valence-electron chi connectivity index (χ0n) is 16.3. The Balaban J connectivity index is 1.77. The SMILES string of the molecule is CCCCN1C(=O)c2cc3c(-c4ccc(Br)s4)nnc(-c4ccc(Br)s4)c3cc2C1=O. The van der Waals surface area contributed by atoms with Gasteiger partial charge >= 0.3 is 0 Å². The molecule has 156 valence electrons. The minimum Gasteiger partial charge on any atom is -0.274 e. The molecule has 3 aromatic heterocycles. The Morgan fingerprint density at radius 3 is 1.71 bits per heavy atom. The number of carbonyl (C=O) groups is 2. The average Bonchev–Trinajstić information content (AvgIpc) is 3.44. The fraction of sp³-hybridized carbons (Fsp3) is 0.182. The number of hydrogen-bond donors (Lipinski definition) is 0. The van der Waals surface area contributed by atoms with Crippen LogP contribution < -0.4 is 0 Å². The Kier molecular flexibility index (Phi) is 5.54. The van der Waals surface area contributed by atoms with Gasteiger partial charge in [0.15, 0.2) is 0 Å². The number of amides is 2. The third-order valence-electron chi connectivity index (χ3n) is 5.22. The first-order valence-corrected chi connectivity index (χ1v) is 12.9. The molecule has 0 atom stereocenters. The summed E-state index contributed by atoms with van der Waals surface area (Å²) in [6.07, 6.45) is 1.70. The first-order chi connectivity index (χ1) is 15.0. The molecular formula is C22H15Br2N3O2S2. The quantitative estimate of drug-likeness (QED) is 0.240. The van der Waals surface area contributed by atoms with E-state index in [2.05, 4.69) is 42.1 Å². The lowest BCUT2D eigenvalue weighted by Crippen LogP contribution is -2.30. The van der Waals surface area contributed by atoms with Gasteiger partial charge in [0.25, 0.3) is 11.8 Å². The van der Waals surface area contributed by atoms with E-state index in [4.69, 9.17) is 0 Å². The van der Waals surface area contributed by atoms with Gasteiger partial charge in [-0.2, -0.15) is 0 Å². The number of aromatic nitrogens is 2. The third kappa shape index (κ3) is 3.57. The highest BCUT2D eigenvalue weighted by molar-refractivity contribution is 9.11. The molecule has 4 aromatic rings. The summed E-state index contributed by atoms with van der Waals surface area (Å²) in [4.78, 5) is 29.3. The summed E-state index contributed by atoms with van der Waals surface area (Å²) in [7, 11) is 0. The van der Waals surface area contributed by atoms with Crippen molar-refractivity contribution in [2.75, 3.05) is 6.54 Å². The topological polar surface area (TPSA) is 63.2 Å². The summed E-state index contributed by atoms with van der Waals surface area (Å²) in [5, 5.41) is 10.7. The molecule has 0 bridgehead atoms. The van der Waals surface area contributed by atoms with Crippen molar-refractivity contribution < 1.29 is 9.59 Å². The van der Waals surface area contributed by atoms with Crippen molar-refractivity contribution >= 4 is 77.1 Å². The van der Waals surface area contributed by atoms with E-state index in [1.807, 2.05) is 43.3 Å². The van der Waals surface area contributed by atoms with Crippen molar-refractivity contribution in [2.24, 2.45) is 0 Å². The number of unbranched alkanes of at least 4 members (excludes halogenated alkanes) is 1. The number of halogens is 2. The number of imide groups is 1. The van der Waals surface area contributed by atoms with Crippen LogP contribution in [-0.2, 0) is 0 Å². The highest BCUT2D eigenvalue weighted by atomic mass is 79.9. The van der Waals surface area contributed by atoms with Crippen molar-refractivity contribution in [1.29, 1.82) is 0 Å². The molecule has 0 saturated heterocycles. The monoisotopic (exact) mass is 575 g/mol. The van der Waals surface area contributed by atoms with E-state index in [-0.39, 0.29) is 11.8 Å². The van der Waals surface area contributed by atoms with E-state index >= 15 is 0 Å². The second-order valence-corrected chi connectivity index (χ2v) is 12.1. The van der Waals surface area contributed by atoms with Crippen LogP contribution in [0.15, 0.2) is 44.0 Å². The predicted octanol–water partition coefficient (Wildman–Crippen LogP) is 7.01. The maximum absolute atomic E-state index is 13.0. The number of fused-ring (bicyclic) bond motifs is 2. The van der Waals surface area contributed by atoms with Crippen LogP contribution in [-0.4, -0.2) is 33.5 Å². The number of carbonyl (C=O) groups excluding carboxylic acids is 2. The molecule has 0 aliphatic carbocycles. The van der Waals surface area contributed by atoms with Crippen molar-refractivity contribution in [3.8, 4) is 21.1 Å². The molecule has 1 aliphatic heterocycles. The number of thiophene rings is 2. The van der Waals surface area contributed by atoms with Crippen LogP contribution in [0.2, 0.25) is 0 Å². The van der Waals surface area contributed by atoms with Gasteiger partial charge in [-0.15, -0.1) is 32.9 Å². The zero-order valence-corrected chi connectivity index (χ0v) is 21.1. The van der Waals surface area contributed by atoms with E-state index in [1.54, 1.807) is 22.7 Å². The van der Waals surface area contributed by atoms with Crippen LogP contribution in [0.1, 0.15) is 40.5 Å². The van der Waals surface area contributed by atoms with Crippen LogP contribution in [0.3, 0.4) is 0 Å². The molecule has 2 amide bonds. The molecule has 9 heteroatoms. The molecule has 5 nitrogen and oxygen atoms in total. The number of benzene rings is 1. The maximum atomic E-state index is 13.0. The molecular weight excluding hydrogens is 562 g/mol. The Morgan fingerprint density at radius 1 is 0.839 bits per heavy atom. The van der Waals surface area contributed by atoms with Gasteiger partial charge in [-0.1, -0.05) is 13.3 Å². The van der Waals surface area contributed by atoms with Crippen LogP contribution in [0, 0.1) is 0 Å². The molecule has 4 heterocycles. The number of hydrogen-bond acceptors (Lipinski definition) is 6. The first-order valence-electron chi connectivity index (χ1n) is 9.70. The van der Waals surface area contributed by atoms with Crippen LogP contribution in [0.5, 0.6) is 0 Å². The van der Waals surface area contributed by atoms with E-state index in [0.717, 1.165) is 40.9 Å². The minimum atomic E-state index is -0.231. The summed E-state index contributed by atoms with van der Waals surface area (Å²) in [5.41, 5.74) is 2.30. The normalized spacial score (nSPS) is 13.5. The van der Waals surface area contributed by atoms with Gasteiger partial charge in [-0.05, 0) is 74.7 Å². The van der Waals surface area contributed by atoms with Gasteiger partial charge in [-0.25, -0.2) is 0 Å². The van der Waals surface area contributed by atoms with E-state index in [0.29, 0.717) is 29.1 Å². The first kappa shape index (κ1) is 20.9. The molecule has 0 N–H and O–H groups in total. The summed E-state index contributed by atoms with van der Waals surface area (Å²) in [5.74, 6) is -0.461. The number of rotatable bonds is 5. The van der Waals surface area contributed by atoms with Crippen molar-refractivity contribution in [3.63, 3.8) is 0 Å². The van der Waals surface area contributed by atoms with Crippen molar-refractivity contribution in [1.82, 2.24) is 15.1 Å². The van der Waals surface area contributed by atoms with E-state index in [9.17, 15) is 9.59 Å². The minimum absolute atomic E-state index is 0.231. The summed E-state index contributed by atoms with van der Waals surface area (Å²) in [6, 6.07) is 11.5. The maximum Gasteiger partial charge on any atom is 0.261 e. The second-order valence-electron chi connectivity index (χ2n) is 7.16. The van der Waals surface area contributed by atoms with Gasteiger partial charge in [0.05, 0.1) is 28.5 Å². The molecule has 1 aromatic carbocycles. The molecule has 0 saturated carbocycles. The van der Waals surface area contributed by atoms with E-state index in [1.165, 1.54) is 4.90 Å². The Morgan fingerprint density at radius 2 is 1.32 bits per heavy atom. The number of nitrogens with zero attached hydrogens (tertiary/aromatic N) is 3. The smallest absolute Gasteiger partial charge is 0.261 e. The highest BCUT2D eigenvalue weighted by Crippen LogP contribution is 2.41. The Bertz CT molecular complexity index is 1260. The Hall–Kier alpha value is -1.94. The summed E-state index contributed by atoms with van der Waals surface area (Å²) >= 11 is 10.1. The molecule has 31 heavy (non-hydrogen) atoms. The largest absolute Gasteiger partial charge is 0.274 e. The lowest BCUT2D eigenvalue weighted by Gasteiger charge is -2.12. The highest BCUT2D eigenvalue weighted by Gasteiger charge is 2.36. The lowest BCUT2D eigenvalue weighted by molar-refractivity contribution is 0.0652. The lowest BCUT2D eigenvalue weighted by atomic mass is 9.99. The molecule has 5 rings (SSSR count). The molecule has 0 fully saturated rings. The molecule has 0 radical (unpaired) electrons. The second kappa shape index (κ2) is 8.20. The van der Waals surface area contributed by atoms with Gasteiger partial charge in [-0.3, -0.25) is 14.5 Å². The fourth-order valence-corrected chi connectivity index (χ4v) is 6.47. The van der Waals surface area contributed by atoms with Gasteiger partial charge in [0, 0.05) is 17.3 Å². The van der Waals surface area contributed by atoms with Crippen LogP contribution in [0.25, 0.3) is 31.9 Å². The molecule has 0 spiro atoms. The predicted molar refractivity (Wildman–Crippen MR) is 132 cm³/mol. The van der Waals surface area contributed by atoms with Gasteiger partial charge < -0.3 is 0 Å². The van der Waals surface area contributed by atoms with Gasteiger partial charge in [0.2, 0.25) is 0 Å². The van der Waals surface area contributed by atoms with Crippen LogP contribution >= 0.6 is 54.5 Å². The zero-order chi connectivity index (χ0) is 21.7. The fourth-order valence-electron chi connectivity index (χ4n) is 3.70. The average molecular weight is 577 g/mol. The van der Waals surface area contributed by atoms with E-state index < -0.39 is 0 Å². The molecule has 1 aliphatic rings. The van der Waals surface area contributed by atoms with Gasteiger partial charge in [0.1, 0.15) is 11.4 Å². The van der Waals surface area contributed by atoms with Crippen LogP contribution in [0.4, 0.5) is 0 Å². The summed E-state index contributed by atoms with van der Waals surface area (Å²) in [6.45, 7) is 2.48. The van der Waals surface area contributed by atoms with Crippen molar-refractivity contribution in [3.05, 3.63) is 55.1 Å². The van der Waals surface area contributed by atoms with Crippen molar-refractivity contribution in [2.45, 2.75) is 19.8 Å². The summed E-state index contributed by atoms with van der Waals surface area (Å²) < 4.78 is 1.98. The Labute approximate surface area is 203 Å². The standard InChI is InChI=1S/C22H15Br2N3O2S2/c1-2-3-8-27-21(28)13-9-11-12(10-14(13)22(27)29)20(16-5-7-18(24)31-16)26-25-19(11)15-4-6-17(23)30-15/h4-7,9-10H,2-3,8H2,1H3.